The van der Waals surface area contributed by atoms with E-state index in [1.807, 2.05) is 6.07 Å². The van der Waals surface area contributed by atoms with Crippen molar-refractivity contribution in [1.82, 2.24) is 15.0 Å². The number of rotatable bonds is 4. The highest BCUT2D eigenvalue weighted by Crippen LogP contribution is 2.41. The van der Waals surface area contributed by atoms with Crippen molar-refractivity contribution < 1.29 is 0 Å². The second kappa shape index (κ2) is 11.5. The summed E-state index contributed by atoms with van der Waals surface area (Å²) in [7, 11) is 0. The maximum absolute atomic E-state index is 5.42. The van der Waals surface area contributed by atoms with Gasteiger partial charge in [0, 0.05) is 16.7 Å². The molecule has 0 radical (unpaired) electrons. The van der Waals surface area contributed by atoms with Gasteiger partial charge in [0.25, 0.3) is 0 Å². The first-order valence-corrected chi connectivity index (χ1v) is 17.0. The molecule has 3 nitrogen and oxygen atoms in total. The maximum Gasteiger partial charge on any atom is 0.165 e. The quantitative estimate of drug-likeness (QED) is 0.143. The van der Waals surface area contributed by atoms with E-state index in [4.69, 9.17) is 15.0 Å². The summed E-state index contributed by atoms with van der Waals surface area (Å²) in [6.45, 7) is 0. The summed E-state index contributed by atoms with van der Waals surface area (Å²) in [5.41, 5.74) is 5.15. The van der Waals surface area contributed by atoms with E-state index < -0.39 is 0 Å². The highest BCUT2D eigenvalue weighted by Gasteiger charge is 2.21. The summed E-state index contributed by atoms with van der Waals surface area (Å²) in [6, 6.07) is 62.2. The van der Waals surface area contributed by atoms with Gasteiger partial charge in [-0.05, 0) is 77.1 Å². The molecule has 10 aromatic rings. The van der Waals surface area contributed by atoms with Gasteiger partial charge in [-0.3, -0.25) is 0 Å². The normalized spacial score (nSPS) is 11.6. The van der Waals surface area contributed by atoms with Crippen LogP contribution in [0.2, 0.25) is 0 Å². The third-order valence-electron chi connectivity index (χ3n) is 9.89. The summed E-state index contributed by atoms with van der Waals surface area (Å²) in [6.07, 6.45) is 0. The Bertz CT molecular complexity index is 2930. The molecule has 9 aromatic carbocycles. The zero-order chi connectivity index (χ0) is 33.0. The molecule has 10 rings (SSSR count). The smallest absolute Gasteiger partial charge is 0.165 e. The fourth-order valence-electron chi connectivity index (χ4n) is 7.58. The van der Waals surface area contributed by atoms with Crippen LogP contribution in [0.3, 0.4) is 0 Å². The Kier molecular flexibility index (Phi) is 6.49. The van der Waals surface area contributed by atoms with Gasteiger partial charge in [-0.1, -0.05) is 164 Å². The second-order valence-electron chi connectivity index (χ2n) is 12.8. The molecule has 0 bridgehead atoms. The monoisotopic (exact) mass is 635 g/mol. The first-order valence-electron chi connectivity index (χ1n) is 17.0. The van der Waals surface area contributed by atoms with Gasteiger partial charge < -0.3 is 0 Å². The van der Waals surface area contributed by atoms with Crippen LogP contribution in [-0.2, 0) is 0 Å². The lowest BCUT2D eigenvalue weighted by Gasteiger charge is -2.16. The van der Waals surface area contributed by atoms with Crippen molar-refractivity contribution in [3.8, 4) is 45.3 Å². The van der Waals surface area contributed by atoms with Crippen molar-refractivity contribution >= 4 is 53.9 Å². The molecular weight excluding hydrogens is 607 g/mol. The fraction of sp³-hybridized carbons (Fsp3) is 0. The maximum atomic E-state index is 5.42. The molecule has 0 unspecified atom stereocenters. The minimum atomic E-state index is 0.642. The van der Waals surface area contributed by atoms with E-state index in [1.54, 1.807) is 0 Å². The zero-order valence-corrected chi connectivity index (χ0v) is 27.1. The van der Waals surface area contributed by atoms with Gasteiger partial charge in [-0.25, -0.2) is 15.0 Å². The lowest BCUT2D eigenvalue weighted by atomic mass is 9.92. The second-order valence-corrected chi connectivity index (χ2v) is 12.8. The van der Waals surface area contributed by atoms with Crippen molar-refractivity contribution in [1.29, 1.82) is 0 Å². The van der Waals surface area contributed by atoms with Gasteiger partial charge in [0.05, 0.1) is 0 Å². The summed E-state index contributed by atoms with van der Waals surface area (Å²) >= 11 is 0. The van der Waals surface area contributed by atoms with Crippen LogP contribution in [0.25, 0.3) is 99.2 Å². The predicted octanol–water partition coefficient (Wildman–Crippen LogP) is 12.3. The SMILES string of the molecule is c1ccc(-c2ccccc2-c2nc(-c3cc4ccccc4c4ccccc34)nc(-c3c4ccccc4cc4c3ccc3ccccc34)n2)cc1. The van der Waals surface area contributed by atoms with Crippen LogP contribution in [-0.4, -0.2) is 15.0 Å². The van der Waals surface area contributed by atoms with Gasteiger partial charge in [-0.2, -0.15) is 0 Å². The van der Waals surface area contributed by atoms with Gasteiger partial charge in [0.2, 0.25) is 0 Å². The Labute approximate surface area is 289 Å². The summed E-state index contributed by atoms with van der Waals surface area (Å²) < 4.78 is 0. The van der Waals surface area contributed by atoms with Gasteiger partial charge in [-0.15, -0.1) is 0 Å². The number of benzene rings is 9. The van der Waals surface area contributed by atoms with Crippen LogP contribution in [0, 0.1) is 0 Å². The molecule has 3 heteroatoms. The minimum Gasteiger partial charge on any atom is -0.208 e. The Hall–Kier alpha value is -6.71. The average Bonchev–Trinajstić information content (AvgIpc) is 3.19. The topological polar surface area (TPSA) is 38.7 Å². The third kappa shape index (κ3) is 4.56. The van der Waals surface area contributed by atoms with Crippen molar-refractivity contribution in [3.05, 3.63) is 176 Å². The first kappa shape index (κ1) is 28.3. The van der Waals surface area contributed by atoms with E-state index in [0.717, 1.165) is 54.7 Å². The molecule has 0 amide bonds. The predicted molar refractivity (Wildman–Crippen MR) is 209 cm³/mol. The van der Waals surface area contributed by atoms with E-state index in [-0.39, 0.29) is 0 Å². The highest BCUT2D eigenvalue weighted by molar-refractivity contribution is 6.19. The van der Waals surface area contributed by atoms with Crippen LogP contribution >= 0.6 is 0 Å². The van der Waals surface area contributed by atoms with Gasteiger partial charge >= 0.3 is 0 Å². The van der Waals surface area contributed by atoms with Gasteiger partial charge in [0.1, 0.15) is 0 Å². The number of hydrogen-bond acceptors (Lipinski definition) is 3. The summed E-state index contributed by atoms with van der Waals surface area (Å²) in [5, 5.41) is 11.6. The van der Waals surface area contributed by atoms with Crippen LogP contribution < -0.4 is 0 Å². The molecule has 1 aromatic heterocycles. The van der Waals surface area contributed by atoms with Crippen LogP contribution in [0.5, 0.6) is 0 Å². The minimum absolute atomic E-state index is 0.642. The molecule has 0 aliphatic rings. The third-order valence-corrected chi connectivity index (χ3v) is 9.89. The van der Waals surface area contributed by atoms with Crippen molar-refractivity contribution in [2.75, 3.05) is 0 Å². The molecule has 0 saturated heterocycles. The molecule has 0 N–H and O–H groups in total. The van der Waals surface area contributed by atoms with E-state index >= 15 is 0 Å². The average molecular weight is 636 g/mol. The lowest BCUT2D eigenvalue weighted by Crippen LogP contribution is -2.02. The molecule has 0 fully saturated rings. The highest BCUT2D eigenvalue weighted by atomic mass is 15.0. The van der Waals surface area contributed by atoms with E-state index in [1.165, 1.54) is 26.9 Å². The molecule has 50 heavy (non-hydrogen) atoms. The summed E-state index contributed by atoms with van der Waals surface area (Å²) in [5.74, 6) is 1.95. The summed E-state index contributed by atoms with van der Waals surface area (Å²) in [4.78, 5) is 16.1. The molecule has 0 aliphatic heterocycles. The molecule has 0 aliphatic carbocycles. The van der Waals surface area contributed by atoms with E-state index in [2.05, 4.69) is 170 Å². The molecule has 0 saturated carbocycles. The fourth-order valence-corrected chi connectivity index (χ4v) is 7.58. The van der Waals surface area contributed by atoms with Crippen LogP contribution in [0.1, 0.15) is 0 Å². The number of aromatic nitrogens is 3. The van der Waals surface area contributed by atoms with E-state index in [0.29, 0.717) is 17.5 Å². The molecular formula is C47H29N3. The zero-order valence-electron chi connectivity index (χ0n) is 27.1. The van der Waals surface area contributed by atoms with Crippen LogP contribution in [0.15, 0.2) is 176 Å². The van der Waals surface area contributed by atoms with Crippen molar-refractivity contribution in [2.45, 2.75) is 0 Å². The Morgan fingerprint density at radius 1 is 0.260 bits per heavy atom. The Morgan fingerprint density at radius 3 is 1.54 bits per heavy atom. The standard InChI is InChI=1S/C47H29N3/c1-2-14-30(15-3-1)34-19-10-13-25-41(34)45-48-46(43-29-32-17-5-8-21-36(32)38-23-11-12-24-39(38)43)50-47(49-45)44-37-22-9-6-18-33(37)28-42-35-20-7-4-16-31(35)26-27-40(42)44/h1-29H. The van der Waals surface area contributed by atoms with Crippen LogP contribution in [0.4, 0.5) is 0 Å². The molecule has 232 valence electrons. The lowest BCUT2D eigenvalue weighted by molar-refractivity contribution is 1.08. The Balaban J connectivity index is 1.34. The Morgan fingerprint density at radius 2 is 0.780 bits per heavy atom. The van der Waals surface area contributed by atoms with Gasteiger partial charge in [0.15, 0.2) is 17.5 Å². The number of hydrogen-bond donors (Lipinski definition) is 0. The largest absolute Gasteiger partial charge is 0.208 e. The van der Waals surface area contributed by atoms with Crippen molar-refractivity contribution in [3.63, 3.8) is 0 Å². The number of nitrogens with zero attached hydrogens (tertiary/aromatic N) is 3. The molecule has 0 atom stereocenters. The molecule has 1 heterocycles. The number of fused-ring (bicyclic) bond motifs is 7. The first-order chi connectivity index (χ1) is 24.8. The van der Waals surface area contributed by atoms with E-state index in [9.17, 15) is 0 Å². The molecule has 0 spiro atoms. The van der Waals surface area contributed by atoms with Crippen molar-refractivity contribution in [2.24, 2.45) is 0 Å².